The largest absolute Gasteiger partial charge is 0.481 e. The SMILES string of the molecule is Cc1cc(Br)c([C@H](CC(=O)O)NC(=O)OC(C)(C)C)s1. The second-order valence-corrected chi connectivity index (χ2v) is 7.51. The quantitative estimate of drug-likeness (QED) is 0.851. The molecule has 0 aliphatic rings. The van der Waals surface area contributed by atoms with Gasteiger partial charge in [0.25, 0.3) is 0 Å². The Balaban J connectivity index is 2.88. The van der Waals surface area contributed by atoms with Crippen LogP contribution < -0.4 is 5.32 Å². The topological polar surface area (TPSA) is 75.6 Å². The average Bonchev–Trinajstić information content (AvgIpc) is 2.53. The lowest BCUT2D eigenvalue weighted by Crippen LogP contribution is -2.35. The van der Waals surface area contributed by atoms with Crippen LogP contribution in [0.4, 0.5) is 4.79 Å². The molecule has 2 N–H and O–H groups in total. The highest BCUT2D eigenvalue weighted by atomic mass is 79.9. The maximum Gasteiger partial charge on any atom is 0.408 e. The van der Waals surface area contributed by atoms with Crippen molar-refractivity contribution >= 4 is 39.3 Å². The fraction of sp³-hybridized carbons (Fsp3) is 0.538. The number of carboxylic acids is 1. The maximum atomic E-state index is 11.8. The molecule has 0 radical (unpaired) electrons. The van der Waals surface area contributed by atoms with Gasteiger partial charge in [-0.1, -0.05) is 0 Å². The van der Waals surface area contributed by atoms with E-state index in [2.05, 4.69) is 21.2 Å². The minimum Gasteiger partial charge on any atom is -0.481 e. The lowest BCUT2D eigenvalue weighted by atomic mass is 10.1. The number of thiophene rings is 1. The fourth-order valence-corrected chi connectivity index (χ4v) is 3.55. The summed E-state index contributed by atoms with van der Waals surface area (Å²) < 4.78 is 5.96. The smallest absolute Gasteiger partial charge is 0.408 e. The summed E-state index contributed by atoms with van der Waals surface area (Å²) in [5.41, 5.74) is -0.625. The number of hydrogen-bond acceptors (Lipinski definition) is 4. The van der Waals surface area contributed by atoms with E-state index in [0.29, 0.717) is 0 Å². The van der Waals surface area contributed by atoms with E-state index in [-0.39, 0.29) is 6.42 Å². The molecule has 20 heavy (non-hydrogen) atoms. The predicted molar refractivity (Wildman–Crippen MR) is 81.1 cm³/mol. The molecule has 0 aliphatic carbocycles. The van der Waals surface area contributed by atoms with Crippen LogP contribution >= 0.6 is 27.3 Å². The molecule has 5 nitrogen and oxygen atoms in total. The van der Waals surface area contributed by atoms with Gasteiger partial charge < -0.3 is 15.2 Å². The van der Waals surface area contributed by atoms with Crippen LogP contribution in [0.3, 0.4) is 0 Å². The summed E-state index contributed by atoms with van der Waals surface area (Å²) in [4.78, 5) is 24.6. The molecule has 1 aromatic rings. The number of nitrogens with one attached hydrogen (secondary N) is 1. The highest BCUT2D eigenvalue weighted by Crippen LogP contribution is 2.34. The molecule has 0 unspecified atom stereocenters. The van der Waals surface area contributed by atoms with Crippen LogP contribution in [-0.4, -0.2) is 22.8 Å². The summed E-state index contributed by atoms with van der Waals surface area (Å²) in [7, 11) is 0. The lowest BCUT2D eigenvalue weighted by molar-refractivity contribution is -0.137. The third-order valence-corrected chi connectivity index (χ3v) is 4.31. The second kappa shape index (κ2) is 6.58. The number of carbonyl (C=O) groups is 2. The first kappa shape index (κ1) is 17.0. The van der Waals surface area contributed by atoms with Gasteiger partial charge >= 0.3 is 12.1 Å². The summed E-state index contributed by atoms with van der Waals surface area (Å²) in [6, 6.07) is 1.28. The molecular formula is C13H18BrNO4S. The van der Waals surface area contributed by atoms with Crippen LogP contribution in [0.5, 0.6) is 0 Å². The standard InChI is InChI=1S/C13H18BrNO4S/c1-7-5-8(14)11(20-7)9(6-10(16)17)15-12(18)19-13(2,3)4/h5,9H,6H2,1-4H3,(H,15,18)(H,16,17)/t9-/m0/s1. The number of aryl methyl sites for hydroxylation is 1. The van der Waals surface area contributed by atoms with Crippen molar-refractivity contribution in [1.82, 2.24) is 5.32 Å². The van der Waals surface area contributed by atoms with E-state index in [1.54, 1.807) is 20.8 Å². The van der Waals surface area contributed by atoms with Crippen molar-refractivity contribution in [3.8, 4) is 0 Å². The third-order valence-electron chi connectivity index (χ3n) is 2.22. The van der Waals surface area contributed by atoms with Crippen LogP contribution in [0.2, 0.25) is 0 Å². The summed E-state index contributed by atoms with van der Waals surface area (Å²) in [6.07, 6.45) is -0.820. The Kier molecular flexibility index (Phi) is 5.59. The summed E-state index contributed by atoms with van der Waals surface area (Å²) in [5.74, 6) is -0.982. The molecule has 0 saturated heterocycles. The highest BCUT2D eigenvalue weighted by molar-refractivity contribution is 9.10. The van der Waals surface area contributed by atoms with Crippen molar-refractivity contribution in [3.05, 3.63) is 20.3 Å². The zero-order valence-corrected chi connectivity index (χ0v) is 14.2. The van der Waals surface area contributed by atoms with Gasteiger partial charge in [0.05, 0.1) is 12.5 Å². The van der Waals surface area contributed by atoms with Crippen LogP contribution in [0.25, 0.3) is 0 Å². The summed E-state index contributed by atoms with van der Waals surface area (Å²) >= 11 is 4.83. The lowest BCUT2D eigenvalue weighted by Gasteiger charge is -2.22. The molecule has 112 valence electrons. The molecule has 1 aromatic heterocycles. The molecule has 0 fully saturated rings. The van der Waals surface area contributed by atoms with E-state index in [1.165, 1.54) is 11.3 Å². The molecule has 1 heterocycles. The van der Waals surface area contributed by atoms with Crippen LogP contribution in [0.1, 0.15) is 43.0 Å². The summed E-state index contributed by atoms with van der Waals surface area (Å²) in [5, 5.41) is 11.6. The van der Waals surface area contributed by atoms with Gasteiger partial charge in [0, 0.05) is 14.2 Å². The number of amides is 1. The number of hydrogen-bond donors (Lipinski definition) is 2. The van der Waals surface area contributed by atoms with Crippen LogP contribution in [0, 0.1) is 6.92 Å². The molecule has 1 atom stereocenters. The number of rotatable bonds is 4. The average molecular weight is 364 g/mol. The number of ether oxygens (including phenoxy) is 1. The predicted octanol–water partition coefficient (Wildman–Crippen LogP) is 3.86. The van der Waals surface area contributed by atoms with Gasteiger partial charge in [-0.05, 0) is 49.7 Å². The van der Waals surface area contributed by atoms with Gasteiger partial charge in [0.2, 0.25) is 0 Å². The van der Waals surface area contributed by atoms with E-state index in [1.807, 2.05) is 13.0 Å². The Hall–Kier alpha value is -1.08. The number of alkyl carbamates (subject to hydrolysis) is 1. The van der Waals surface area contributed by atoms with Gasteiger partial charge in [-0.3, -0.25) is 4.79 Å². The maximum absolute atomic E-state index is 11.8. The molecule has 0 bridgehead atoms. The number of carboxylic acid groups (broad SMARTS) is 1. The molecule has 0 saturated carbocycles. The number of halogens is 1. The van der Waals surface area contributed by atoms with E-state index < -0.39 is 23.7 Å². The minimum absolute atomic E-state index is 0.197. The third kappa shape index (κ3) is 5.50. The normalized spacial score (nSPS) is 12.8. The first-order valence-electron chi connectivity index (χ1n) is 6.05. The van der Waals surface area contributed by atoms with E-state index in [0.717, 1.165) is 14.2 Å². The first-order chi connectivity index (χ1) is 9.08. The molecule has 0 spiro atoms. The monoisotopic (exact) mass is 363 g/mol. The van der Waals surface area contributed by atoms with Crippen molar-refractivity contribution in [2.45, 2.75) is 45.8 Å². The van der Waals surface area contributed by atoms with Crippen LogP contribution in [0.15, 0.2) is 10.5 Å². The van der Waals surface area contributed by atoms with Crippen molar-refractivity contribution < 1.29 is 19.4 Å². The molecule has 0 aliphatic heterocycles. The van der Waals surface area contributed by atoms with Crippen molar-refractivity contribution in [2.75, 3.05) is 0 Å². The van der Waals surface area contributed by atoms with Crippen molar-refractivity contribution in [2.24, 2.45) is 0 Å². The molecule has 1 amide bonds. The van der Waals surface area contributed by atoms with Gasteiger partial charge in [-0.2, -0.15) is 0 Å². The Morgan fingerprint density at radius 3 is 2.50 bits per heavy atom. The van der Waals surface area contributed by atoms with E-state index in [9.17, 15) is 9.59 Å². The Labute approximate surface area is 130 Å². The van der Waals surface area contributed by atoms with Gasteiger partial charge in [0.15, 0.2) is 0 Å². The van der Waals surface area contributed by atoms with E-state index >= 15 is 0 Å². The highest BCUT2D eigenvalue weighted by Gasteiger charge is 2.25. The van der Waals surface area contributed by atoms with Gasteiger partial charge in [-0.15, -0.1) is 11.3 Å². The minimum atomic E-state index is -0.982. The first-order valence-corrected chi connectivity index (χ1v) is 7.66. The fourth-order valence-electron chi connectivity index (χ4n) is 1.57. The molecular weight excluding hydrogens is 346 g/mol. The molecule has 1 rings (SSSR count). The van der Waals surface area contributed by atoms with Crippen LogP contribution in [-0.2, 0) is 9.53 Å². The molecule has 7 heteroatoms. The Morgan fingerprint density at radius 2 is 2.10 bits per heavy atom. The zero-order valence-electron chi connectivity index (χ0n) is 11.8. The van der Waals surface area contributed by atoms with Crippen molar-refractivity contribution in [3.63, 3.8) is 0 Å². The Morgan fingerprint density at radius 1 is 1.50 bits per heavy atom. The van der Waals surface area contributed by atoms with Gasteiger partial charge in [0.1, 0.15) is 5.60 Å². The number of carbonyl (C=O) groups excluding carboxylic acids is 1. The molecule has 0 aromatic carbocycles. The van der Waals surface area contributed by atoms with Gasteiger partial charge in [-0.25, -0.2) is 4.79 Å². The zero-order chi connectivity index (χ0) is 15.5. The summed E-state index contributed by atoms with van der Waals surface area (Å²) in [6.45, 7) is 7.18. The second-order valence-electron chi connectivity index (χ2n) is 5.37. The van der Waals surface area contributed by atoms with Crippen molar-refractivity contribution in [1.29, 1.82) is 0 Å². The van der Waals surface area contributed by atoms with E-state index in [4.69, 9.17) is 9.84 Å². The Bertz CT molecular complexity index is 507. The number of aliphatic carboxylic acids is 1.